The monoisotopic (exact) mass is 640 g/mol. The fourth-order valence-corrected chi connectivity index (χ4v) is 5.65. The summed E-state index contributed by atoms with van der Waals surface area (Å²) < 4.78 is 0. The average molecular weight is 641 g/mol. The third kappa shape index (κ3) is 8.36. The van der Waals surface area contributed by atoms with Crippen LogP contribution < -0.4 is 21.1 Å². The number of fused-ring (bicyclic) bond motifs is 1. The lowest BCUT2D eigenvalue weighted by atomic mass is 9.88. The van der Waals surface area contributed by atoms with Gasteiger partial charge in [0.2, 0.25) is 0 Å². The molecular formula is C40H44N6O2. The standard InChI is InChI=1S/C40H44N6O2/c1-6-7-21-46(36-25-32-14-10-18-43-38(32)45-39(36)47)40(48)44-37-34(27(2)3)23-33(24-35(37)28(4)5)31-13-8-11-29(22-31)12-9-17-42-26-30-15-19-41-20-16-30/h8,10-11,13-16,18-20,22-25,27-28,42H,6-7,17,21,26H2,1-5H3,(H,44,48)(H,43,45,47). The Morgan fingerprint density at radius 3 is 2.38 bits per heavy atom. The van der Waals surface area contributed by atoms with E-state index in [0.29, 0.717) is 24.4 Å². The van der Waals surface area contributed by atoms with Gasteiger partial charge >= 0.3 is 6.03 Å². The number of aromatic amines is 1. The van der Waals surface area contributed by atoms with Crippen LogP contribution in [-0.2, 0) is 6.54 Å². The minimum absolute atomic E-state index is 0.131. The molecule has 8 nitrogen and oxygen atoms in total. The number of unbranched alkanes of at least 4 members (excludes halogenated alkanes) is 1. The molecule has 0 saturated heterocycles. The van der Waals surface area contributed by atoms with Crippen molar-refractivity contribution >= 4 is 28.4 Å². The van der Waals surface area contributed by atoms with Gasteiger partial charge in [-0.25, -0.2) is 9.78 Å². The van der Waals surface area contributed by atoms with E-state index in [1.807, 2.05) is 36.4 Å². The molecular weight excluding hydrogens is 596 g/mol. The van der Waals surface area contributed by atoms with E-state index < -0.39 is 0 Å². The number of rotatable bonds is 11. The second-order valence-corrected chi connectivity index (χ2v) is 12.5. The lowest BCUT2D eigenvalue weighted by Gasteiger charge is -2.27. The molecule has 3 N–H and O–H groups in total. The fraction of sp³-hybridized carbons (Fsp3) is 0.300. The van der Waals surface area contributed by atoms with E-state index in [4.69, 9.17) is 0 Å². The zero-order valence-corrected chi connectivity index (χ0v) is 28.4. The van der Waals surface area contributed by atoms with E-state index in [1.165, 1.54) is 5.56 Å². The first-order chi connectivity index (χ1) is 23.2. The Labute approximate surface area is 283 Å². The maximum absolute atomic E-state index is 14.1. The molecule has 2 amide bonds. The summed E-state index contributed by atoms with van der Waals surface area (Å²) in [4.78, 5) is 40.0. The lowest BCUT2D eigenvalue weighted by Crippen LogP contribution is -2.39. The topological polar surface area (TPSA) is 103 Å². The van der Waals surface area contributed by atoms with Crippen LogP contribution in [0.25, 0.3) is 22.2 Å². The van der Waals surface area contributed by atoms with Gasteiger partial charge in [-0.05, 0) is 101 Å². The van der Waals surface area contributed by atoms with Crippen molar-refractivity contribution in [1.82, 2.24) is 20.3 Å². The Hall–Kier alpha value is -5.26. The van der Waals surface area contributed by atoms with Gasteiger partial charge in [0.05, 0.1) is 6.54 Å². The largest absolute Gasteiger partial charge is 0.326 e. The molecule has 5 aromatic rings. The first-order valence-electron chi connectivity index (χ1n) is 16.7. The predicted molar refractivity (Wildman–Crippen MR) is 197 cm³/mol. The van der Waals surface area contributed by atoms with Gasteiger partial charge in [-0.1, -0.05) is 65.0 Å². The predicted octanol–water partition coefficient (Wildman–Crippen LogP) is 8.21. The number of pyridine rings is 3. The van der Waals surface area contributed by atoms with E-state index >= 15 is 0 Å². The summed E-state index contributed by atoms with van der Waals surface area (Å²) in [5.41, 5.74) is 7.57. The highest BCUT2D eigenvalue weighted by Gasteiger charge is 2.24. The molecule has 0 bridgehead atoms. The Morgan fingerprint density at radius 2 is 1.67 bits per heavy atom. The van der Waals surface area contributed by atoms with E-state index in [9.17, 15) is 9.59 Å². The Kier molecular flexibility index (Phi) is 11.4. The van der Waals surface area contributed by atoms with Gasteiger partial charge in [0, 0.05) is 48.3 Å². The van der Waals surface area contributed by atoms with Gasteiger partial charge in [-0.3, -0.25) is 14.7 Å². The smallest absolute Gasteiger partial charge is 0.307 e. The quantitative estimate of drug-likeness (QED) is 0.0998. The fourth-order valence-electron chi connectivity index (χ4n) is 5.65. The van der Waals surface area contributed by atoms with Crippen molar-refractivity contribution in [2.24, 2.45) is 0 Å². The van der Waals surface area contributed by atoms with Crippen molar-refractivity contribution in [3.63, 3.8) is 0 Å². The third-order valence-corrected chi connectivity index (χ3v) is 8.26. The van der Waals surface area contributed by atoms with Gasteiger partial charge in [-0.2, -0.15) is 0 Å². The highest BCUT2D eigenvalue weighted by atomic mass is 16.2. The zero-order valence-electron chi connectivity index (χ0n) is 28.4. The number of amides is 2. The number of anilines is 2. The van der Waals surface area contributed by atoms with Crippen LogP contribution in [0.2, 0.25) is 0 Å². The number of urea groups is 1. The van der Waals surface area contributed by atoms with Gasteiger partial charge in [0.15, 0.2) is 0 Å². The number of H-pyrrole nitrogens is 1. The average Bonchev–Trinajstić information content (AvgIpc) is 3.08. The van der Waals surface area contributed by atoms with Crippen molar-refractivity contribution in [2.75, 3.05) is 23.3 Å². The molecule has 48 heavy (non-hydrogen) atoms. The second-order valence-electron chi connectivity index (χ2n) is 12.5. The lowest BCUT2D eigenvalue weighted by molar-refractivity contribution is 0.256. The summed E-state index contributed by atoms with van der Waals surface area (Å²) in [5.74, 6) is 6.79. The van der Waals surface area contributed by atoms with E-state index in [-0.39, 0.29) is 23.4 Å². The molecule has 0 spiro atoms. The molecule has 2 aromatic carbocycles. The van der Waals surface area contributed by atoms with Gasteiger partial charge in [0.1, 0.15) is 11.3 Å². The molecule has 0 radical (unpaired) electrons. The molecule has 0 aliphatic heterocycles. The molecule has 0 fully saturated rings. The number of benzene rings is 2. The molecule has 0 aliphatic carbocycles. The SMILES string of the molecule is CCCCN(C(=O)Nc1c(C(C)C)cc(-c2cccc(C#CCNCc3ccncc3)c2)cc1C(C)C)c1cc2cccnc2[nH]c1=O. The zero-order chi connectivity index (χ0) is 34.0. The van der Waals surface area contributed by atoms with Crippen molar-refractivity contribution in [1.29, 1.82) is 0 Å². The summed E-state index contributed by atoms with van der Waals surface area (Å²) in [6, 6.07) is 21.7. The summed E-state index contributed by atoms with van der Waals surface area (Å²) in [7, 11) is 0. The molecule has 0 saturated carbocycles. The molecule has 5 rings (SSSR count). The van der Waals surface area contributed by atoms with Gasteiger partial charge < -0.3 is 15.6 Å². The van der Waals surface area contributed by atoms with Crippen LogP contribution in [0.1, 0.15) is 81.5 Å². The van der Waals surface area contributed by atoms with Crippen LogP contribution in [0.3, 0.4) is 0 Å². The minimum Gasteiger partial charge on any atom is -0.307 e. The summed E-state index contributed by atoms with van der Waals surface area (Å²) >= 11 is 0. The second kappa shape index (κ2) is 16.0. The van der Waals surface area contributed by atoms with E-state index in [0.717, 1.165) is 58.3 Å². The number of hydrogen-bond donors (Lipinski definition) is 3. The van der Waals surface area contributed by atoms with Gasteiger partial charge in [0.25, 0.3) is 5.56 Å². The third-order valence-electron chi connectivity index (χ3n) is 8.26. The molecule has 0 atom stereocenters. The van der Waals surface area contributed by atoms with E-state index in [2.05, 4.69) is 96.3 Å². The molecule has 0 unspecified atom stereocenters. The van der Waals surface area contributed by atoms with Crippen molar-refractivity contribution in [3.05, 3.63) is 118 Å². The Morgan fingerprint density at radius 1 is 0.917 bits per heavy atom. The van der Waals surface area contributed by atoms with Crippen molar-refractivity contribution < 1.29 is 4.79 Å². The summed E-state index contributed by atoms with van der Waals surface area (Å²) in [5, 5.41) is 7.38. The van der Waals surface area contributed by atoms with Gasteiger partial charge in [-0.15, -0.1) is 0 Å². The number of hydrogen-bond acceptors (Lipinski definition) is 5. The van der Waals surface area contributed by atoms with Crippen LogP contribution in [0, 0.1) is 11.8 Å². The first-order valence-corrected chi connectivity index (χ1v) is 16.7. The maximum atomic E-state index is 14.1. The highest BCUT2D eigenvalue weighted by molar-refractivity contribution is 6.03. The minimum atomic E-state index is -0.344. The first kappa shape index (κ1) is 34.1. The maximum Gasteiger partial charge on any atom is 0.326 e. The summed E-state index contributed by atoms with van der Waals surface area (Å²) in [6.45, 7) is 12.3. The number of carbonyl (C=O) groups excluding carboxylic acids is 1. The normalized spacial score (nSPS) is 11.1. The van der Waals surface area contributed by atoms with Crippen LogP contribution >= 0.6 is 0 Å². The van der Waals surface area contributed by atoms with Crippen LogP contribution in [0.4, 0.5) is 16.2 Å². The molecule has 8 heteroatoms. The number of carbonyl (C=O) groups is 1. The number of nitrogens with one attached hydrogen (secondary N) is 3. The Bertz CT molecular complexity index is 1960. The van der Waals surface area contributed by atoms with Crippen molar-refractivity contribution in [2.45, 2.75) is 65.8 Å². The van der Waals surface area contributed by atoms with E-state index in [1.54, 1.807) is 29.6 Å². The number of aromatic nitrogens is 3. The highest BCUT2D eigenvalue weighted by Crippen LogP contribution is 2.38. The summed E-state index contributed by atoms with van der Waals surface area (Å²) in [6.07, 6.45) is 6.85. The van der Waals surface area contributed by atoms with Crippen LogP contribution in [-0.4, -0.2) is 34.1 Å². The van der Waals surface area contributed by atoms with Crippen LogP contribution in [0.5, 0.6) is 0 Å². The molecule has 3 aromatic heterocycles. The number of nitrogens with zero attached hydrogens (tertiary/aromatic N) is 3. The van der Waals surface area contributed by atoms with Crippen LogP contribution in [0.15, 0.2) is 90.1 Å². The molecule has 0 aliphatic rings. The van der Waals surface area contributed by atoms with Crippen molar-refractivity contribution in [3.8, 4) is 23.0 Å². The molecule has 246 valence electrons. The Balaban J connectivity index is 1.44. The molecule has 3 heterocycles.